The minimum atomic E-state index is 0.0709. The molecule has 0 aromatic heterocycles. The van der Waals surface area contributed by atoms with Gasteiger partial charge in [0.15, 0.2) is 0 Å². The zero-order chi connectivity index (χ0) is 16.1. The smallest absolute Gasteiger partial charge is 0.253 e. The van der Waals surface area contributed by atoms with E-state index in [1.807, 2.05) is 49.5 Å². The second kappa shape index (κ2) is 7.42. The first-order chi connectivity index (χ1) is 11.2. The summed E-state index contributed by atoms with van der Waals surface area (Å²) in [6.45, 7) is 4.02. The zero-order valence-electron chi connectivity index (χ0n) is 13.7. The zero-order valence-corrected chi connectivity index (χ0v) is 13.7. The lowest BCUT2D eigenvalue weighted by molar-refractivity contribution is 0.0785. The van der Waals surface area contributed by atoms with Crippen LogP contribution >= 0.6 is 0 Å². The van der Waals surface area contributed by atoms with Crippen molar-refractivity contribution in [1.29, 1.82) is 0 Å². The average molecular weight is 308 g/mol. The monoisotopic (exact) mass is 308 g/mol. The SMILES string of the molecule is CN(Cc1ccccc1)C(=O)c1ccc(CN2CCCC2)cc1. The molecule has 0 spiro atoms. The van der Waals surface area contributed by atoms with E-state index in [1.54, 1.807) is 4.90 Å². The first-order valence-electron chi connectivity index (χ1n) is 8.33. The highest BCUT2D eigenvalue weighted by molar-refractivity contribution is 5.94. The van der Waals surface area contributed by atoms with Crippen LogP contribution in [0.5, 0.6) is 0 Å². The van der Waals surface area contributed by atoms with Crippen LogP contribution in [0.15, 0.2) is 54.6 Å². The average Bonchev–Trinajstić information content (AvgIpc) is 3.09. The molecule has 3 nitrogen and oxygen atoms in total. The fourth-order valence-electron chi connectivity index (χ4n) is 3.10. The Morgan fingerprint density at radius 3 is 2.26 bits per heavy atom. The third-order valence-electron chi connectivity index (χ3n) is 4.42. The van der Waals surface area contributed by atoms with Crippen LogP contribution < -0.4 is 0 Å². The second-order valence-corrected chi connectivity index (χ2v) is 6.33. The van der Waals surface area contributed by atoms with E-state index in [0.29, 0.717) is 6.54 Å². The number of amides is 1. The van der Waals surface area contributed by atoms with E-state index in [4.69, 9.17) is 0 Å². The van der Waals surface area contributed by atoms with Crippen LogP contribution in [0.4, 0.5) is 0 Å². The molecule has 0 atom stereocenters. The van der Waals surface area contributed by atoms with Crippen LogP contribution in [0.25, 0.3) is 0 Å². The number of carbonyl (C=O) groups is 1. The number of benzene rings is 2. The molecule has 23 heavy (non-hydrogen) atoms. The molecule has 1 heterocycles. The number of hydrogen-bond acceptors (Lipinski definition) is 2. The van der Waals surface area contributed by atoms with Gasteiger partial charge in [-0.05, 0) is 49.2 Å². The van der Waals surface area contributed by atoms with Crippen LogP contribution in [0.1, 0.15) is 34.3 Å². The normalized spacial score (nSPS) is 14.8. The number of nitrogens with zero attached hydrogens (tertiary/aromatic N) is 2. The van der Waals surface area contributed by atoms with E-state index >= 15 is 0 Å². The van der Waals surface area contributed by atoms with Crippen molar-refractivity contribution in [2.75, 3.05) is 20.1 Å². The lowest BCUT2D eigenvalue weighted by atomic mass is 10.1. The summed E-state index contributed by atoms with van der Waals surface area (Å²) in [6.07, 6.45) is 2.61. The van der Waals surface area contributed by atoms with Gasteiger partial charge < -0.3 is 4.90 Å². The molecule has 120 valence electrons. The minimum Gasteiger partial charge on any atom is -0.337 e. The number of carbonyl (C=O) groups excluding carboxylic acids is 1. The van der Waals surface area contributed by atoms with Crippen molar-refractivity contribution in [3.63, 3.8) is 0 Å². The largest absolute Gasteiger partial charge is 0.337 e. The number of hydrogen-bond donors (Lipinski definition) is 0. The summed E-state index contributed by atoms with van der Waals surface area (Å²) >= 11 is 0. The Hall–Kier alpha value is -2.13. The molecule has 1 saturated heterocycles. The Balaban J connectivity index is 1.60. The van der Waals surface area contributed by atoms with Gasteiger partial charge in [-0.25, -0.2) is 0 Å². The Morgan fingerprint density at radius 2 is 1.61 bits per heavy atom. The van der Waals surface area contributed by atoms with E-state index in [0.717, 1.165) is 17.7 Å². The van der Waals surface area contributed by atoms with Crippen LogP contribution in [-0.2, 0) is 13.1 Å². The minimum absolute atomic E-state index is 0.0709. The predicted octanol–water partition coefficient (Wildman–Crippen LogP) is 3.55. The molecule has 0 bridgehead atoms. The summed E-state index contributed by atoms with van der Waals surface area (Å²) in [5.74, 6) is 0.0709. The maximum atomic E-state index is 12.5. The first kappa shape index (κ1) is 15.8. The fraction of sp³-hybridized carbons (Fsp3) is 0.350. The third kappa shape index (κ3) is 4.20. The van der Waals surface area contributed by atoms with E-state index in [1.165, 1.54) is 31.5 Å². The Kier molecular flexibility index (Phi) is 5.09. The van der Waals surface area contributed by atoms with Gasteiger partial charge in [0.25, 0.3) is 5.91 Å². The van der Waals surface area contributed by atoms with Gasteiger partial charge in [-0.15, -0.1) is 0 Å². The molecule has 3 heteroatoms. The van der Waals surface area contributed by atoms with Gasteiger partial charge in [0.05, 0.1) is 0 Å². The van der Waals surface area contributed by atoms with Crippen molar-refractivity contribution < 1.29 is 4.79 Å². The summed E-state index contributed by atoms with van der Waals surface area (Å²) in [5.41, 5.74) is 3.19. The maximum Gasteiger partial charge on any atom is 0.253 e. The van der Waals surface area contributed by atoms with Gasteiger partial charge in [-0.2, -0.15) is 0 Å². The molecule has 1 amide bonds. The van der Waals surface area contributed by atoms with Gasteiger partial charge in [-0.3, -0.25) is 9.69 Å². The predicted molar refractivity (Wildman–Crippen MR) is 93.2 cm³/mol. The van der Waals surface area contributed by atoms with Crippen LogP contribution in [-0.4, -0.2) is 35.8 Å². The Labute approximate surface area is 138 Å². The standard InChI is InChI=1S/C20H24N2O/c1-21(15-17-7-3-2-4-8-17)20(23)19-11-9-18(10-12-19)16-22-13-5-6-14-22/h2-4,7-12H,5-6,13-16H2,1H3. The summed E-state index contributed by atoms with van der Waals surface area (Å²) in [6, 6.07) is 18.2. The van der Waals surface area contributed by atoms with Crippen LogP contribution in [0.2, 0.25) is 0 Å². The molecule has 0 N–H and O–H groups in total. The summed E-state index contributed by atoms with van der Waals surface area (Å²) < 4.78 is 0. The summed E-state index contributed by atoms with van der Waals surface area (Å²) in [7, 11) is 1.85. The lowest BCUT2D eigenvalue weighted by Crippen LogP contribution is -2.26. The quantitative estimate of drug-likeness (QED) is 0.843. The molecule has 2 aromatic carbocycles. The number of rotatable bonds is 5. The van der Waals surface area contributed by atoms with Crippen molar-refractivity contribution in [2.45, 2.75) is 25.9 Å². The van der Waals surface area contributed by atoms with Crippen molar-refractivity contribution in [1.82, 2.24) is 9.80 Å². The Bertz CT molecular complexity index is 630. The van der Waals surface area contributed by atoms with E-state index in [9.17, 15) is 4.79 Å². The Morgan fingerprint density at radius 1 is 0.957 bits per heavy atom. The molecular weight excluding hydrogens is 284 g/mol. The van der Waals surface area contributed by atoms with Gasteiger partial charge in [-0.1, -0.05) is 42.5 Å². The van der Waals surface area contributed by atoms with E-state index < -0.39 is 0 Å². The topological polar surface area (TPSA) is 23.6 Å². The van der Waals surface area contributed by atoms with Crippen molar-refractivity contribution in [3.8, 4) is 0 Å². The van der Waals surface area contributed by atoms with Gasteiger partial charge in [0.1, 0.15) is 0 Å². The van der Waals surface area contributed by atoms with Gasteiger partial charge in [0, 0.05) is 25.7 Å². The lowest BCUT2D eigenvalue weighted by Gasteiger charge is -2.18. The summed E-state index contributed by atoms with van der Waals surface area (Å²) in [5, 5.41) is 0. The molecule has 0 saturated carbocycles. The van der Waals surface area contributed by atoms with Crippen LogP contribution in [0, 0.1) is 0 Å². The maximum absolute atomic E-state index is 12.5. The number of likely N-dealkylation sites (tertiary alicyclic amines) is 1. The molecule has 1 aliphatic rings. The first-order valence-corrected chi connectivity index (χ1v) is 8.33. The highest BCUT2D eigenvalue weighted by Crippen LogP contribution is 2.14. The molecule has 0 unspecified atom stereocenters. The van der Waals surface area contributed by atoms with E-state index in [-0.39, 0.29) is 5.91 Å². The molecule has 0 radical (unpaired) electrons. The molecule has 1 aliphatic heterocycles. The molecule has 2 aromatic rings. The highest BCUT2D eigenvalue weighted by Gasteiger charge is 2.14. The van der Waals surface area contributed by atoms with Crippen molar-refractivity contribution >= 4 is 5.91 Å². The van der Waals surface area contributed by atoms with Crippen LogP contribution in [0.3, 0.4) is 0 Å². The molecule has 1 fully saturated rings. The van der Waals surface area contributed by atoms with Gasteiger partial charge >= 0.3 is 0 Å². The molecular formula is C20H24N2O. The highest BCUT2D eigenvalue weighted by atomic mass is 16.2. The van der Waals surface area contributed by atoms with Crippen molar-refractivity contribution in [3.05, 3.63) is 71.3 Å². The fourth-order valence-corrected chi connectivity index (χ4v) is 3.10. The van der Waals surface area contributed by atoms with E-state index in [2.05, 4.69) is 17.0 Å². The summed E-state index contributed by atoms with van der Waals surface area (Å²) in [4.78, 5) is 16.8. The second-order valence-electron chi connectivity index (χ2n) is 6.33. The molecule has 3 rings (SSSR count). The third-order valence-corrected chi connectivity index (χ3v) is 4.42. The van der Waals surface area contributed by atoms with Crippen molar-refractivity contribution in [2.24, 2.45) is 0 Å². The van der Waals surface area contributed by atoms with Gasteiger partial charge in [0.2, 0.25) is 0 Å². The molecule has 0 aliphatic carbocycles.